The van der Waals surface area contributed by atoms with E-state index < -0.39 is 0 Å². The molecule has 2 rings (SSSR count). The van der Waals surface area contributed by atoms with Gasteiger partial charge in [-0.05, 0) is 19.8 Å². The molecule has 0 saturated heterocycles. The Balaban J connectivity index is 2.07. The van der Waals surface area contributed by atoms with Crippen LogP contribution in [-0.4, -0.2) is 34.1 Å². The molecule has 1 aliphatic heterocycles. The molecule has 0 bridgehead atoms. The van der Waals surface area contributed by atoms with Crippen molar-refractivity contribution >= 4 is 0 Å². The molecular formula is C16H25N3O. The largest absolute Gasteiger partial charge is 0.300 e. The minimum Gasteiger partial charge on any atom is -0.300 e. The van der Waals surface area contributed by atoms with Gasteiger partial charge in [-0.1, -0.05) is 25.5 Å². The number of unbranched alkanes of at least 4 members (excludes halogenated alkanes) is 1. The number of nitrogens with zero attached hydrogens (tertiary/aromatic N) is 3. The van der Waals surface area contributed by atoms with Crippen molar-refractivity contribution in [2.45, 2.75) is 39.5 Å². The molecule has 0 aliphatic carbocycles. The van der Waals surface area contributed by atoms with E-state index >= 15 is 0 Å². The van der Waals surface area contributed by atoms with E-state index in [4.69, 9.17) is 0 Å². The van der Waals surface area contributed by atoms with Gasteiger partial charge >= 0.3 is 0 Å². The summed E-state index contributed by atoms with van der Waals surface area (Å²) in [7, 11) is 1.81. The quantitative estimate of drug-likeness (QED) is 0.787. The molecule has 0 fully saturated rings. The van der Waals surface area contributed by atoms with Crippen LogP contribution in [0.25, 0.3) is 0 Å². The number of hydrogen-bond acceptors (Lipinski definition) is 3. The minimum atomic E-state index is 0.135. The van der Waals surface area contributed by atoms with Crippen molar-refractivity contribution in [1.82, 2.24) is 14.5 Å². The van der Waals surface area contributed by atoms with Crippen LogP contribution in [0.1, 0.15) is 36.8 Å². The van der Waals surface area contributed by atoms with Gasteiger partial charge < -0.3 is 0 Å². The van der Waals surface area contributed by atoms with E-state index in [1.54, 1.807) is 11.6 Å². The Kier molecular flexibility index (Phi) is 5.12. The molecule has 0 aromatic carbocycles. The molecule has 0 N–H and O–H groups in total. The Hall–Kier alpha value is -1.42. The highest BCUT2D eigenvalue weighted by Gasteiger charge is 2.18. The van der Waals surface area contributed by atoms with E-state index in [1.807, 2.05) is 6.92 Å². The fourth-order valence-corrected chi connectivity index (χ4v) is 2.61. The van der Waals surface area contributed by atoms with Crippen molar-refractivity contribution in [1.29, 1.82) is 0 Å². The van der Waals surface area contributed by atoms with E-state index in [0.29, 0.717) is 0 Å². The topological polar surface area (TPSA) is 38.1 Å². The van der Waals surface area contributed by atoms with Crippen LogP contribution < -0.4 is 5.56 Å². The van der Waals surface area contributed by atoms with Crippen LogP contribution in [0, 0.1) is 6.92 Å². The van der Waals surface area contributed by atoms with Gasteiger partial charge in [0.2, 0.25) is 0 Å². The third kappa shape index (κ3) is 3.37. The predicted molar refractivity (Wildman–Crippen MR) is 82.1 cm³/mol. The van der Waals surface area contributed by atoms with Crippen LogP contribution >= 0.6 is 0 Å². The van der Waals surface area contributed by atoms with Crippen LogP contribution in [-0.2, 0) is 19.9 Å². The number of aromatic nitrogens is 2. The Morgan fingerprint density at radius 3 is 2.75 bits per heavy atom. The second-order valence-electron chi connectivity index (χ2n) is 5.51. The fraction of sp³-hybridized carbons (Fsp3) is 0.625. The lowest BCUT2D eigenvalue weighted by Gasteiger charge is -2.16. The number of fused-ring (bicyclic) bond motifs is 1. The van der Waals surface area contributed by atoms with Gasteiger partial charge in [-0.2, -0.15) is 0 Å². The first-order valence-corrected chi connectivity index (χ1v) is 7.56. The van der Waals surface area contributed by atoms with Crippen molar-refractivity contribution in [3.63, 3.8) is 0 Å². The third-order valence-electron chi connectivity index (χ3n) is 4.02. The highest BCUT2D eigenvalue weighted by atomic mass is 16.1. The maximum atomic E-state index is 12.3. The highest BCUT2D eigenvalue weighted by Crippen LogP contribution is 2.11. The molecule has 1 aliphatic rings. The molecule has 2 heterocycles. The van der Waals surface area contributed by atoms with E-state index in [9.17, 15) is 4.79 Å². The normalized spacial score (nSPS) is 16.4. The number of aryl methyl sites for hydroxylation is 1. The van der Waals surface area contributed by atoms with Gasteiger partial charge in [0.05, 0.1) is 5.69 Å². The molecular weight excluding hydrogens is 250 g/mol. The summed E-state index contributed by atoms with van der Waals surface area (Å²) < 4.78 is 1.66. The maximum absolute atomic E-state index is 12.3. The molecule has 0 radical (unpaired) electrons. The zero-order chi connectivity index (χ0) is 14.5. The first-order chi connectivity index (χ1) is 9.63. The van der Waals surface area contributed by atoms with Gasteiger partial charge in [-0.15, -0.1) is 0 Å². The zero-order valence-electron chi connectivity index (χ0n) is 12.9. The average Bonchev–Trinajstić information content (AvgIpc) is 2.64. The van der Waals surface area contributed by atoms with Crippen molar-refractivity contribution < 1.29 is 0 Å². The lowest BCUT2D eigenvalue weighted by Crippen LogP contribution is -2.28. The molecule has 110 valence electrons. The van der Waals surface area contributed by atoms with E-state index in [-0.39, 0.29) is 5.56 Å². The summed E-state index contributed by atoms with van der Waals surface area (Å²) in [6.07, 6.45) is 8.54. The van der Waals surface area contributed by atoms with E-state index in [1.165, 1.54) is 6.42 Å². The number of allylic oxidation sites excluding steroid dienone is 1. The molecule has 0 amide bonds. The van der Waals surface area contributed by atoms with Crippen LogP contribution in [0.2, 0.25) is 0 Å². The monoisotopic (exact) mass is 275 g/mol. The first-order valence-electron chi connectivity index (χ1n) is 7.56. The SMILES string of the molecule is CCC/C=C/CN1CCc2nc(C)n(C)c(=O)c2CC1. The first kappa shape index (κ1) is 15.0. The maximum Gasteiger partial charge on any atom is 0.256 e. The third-order valence-corrected chi connectivity index (χ3v) is 4.02. The molecule has 4 nitrogen and oxygen atoms in total. The van der Waals surface area contributed by atoms with Gasteiger partial charge in [-0.3, -0.25) is 14.3 Å². The van der Waals surface area contributed by atoms with Gasteiger partial charge in [0, 0.05) is 38.7 Å². The summed E-state index contributed by atoms with van der Waals surface area (Å²) in [5.41, 5.74) is 2.06. The Bertz CT molecular complexity index is 545. The summed E-state index contributed by atoms with van der Waals surface area (Å²) in [6.45, 7) is 7.01. The lowest BCUT2D eigenvalue weighted by molar-refractivity contribution is 0.317. The van der Waals surface area contributed by atoms with Gasteiger partial charge in [-0.25, -0.2) is 4.98 Å². The smallest absolute Gasteiger partial charge is 0.256 e. The summed E-state index contributed by atoms with van der Waals surface area (Å²) in [6, 6.07) is 0. The molecule has 0 spiro atoms. The standard InChI is InChI=1S/C16H25N3O/c1-4-5-6-7-10-19-11-8-14-15(9-12-19)17-13(2)18(3)16(14)20/h6-7H,4-5,8-12H2,1-3H3/b7-6+. The zero-order valence-corrected chi connectivity index (χ0v) is 12.9. The van der Waals surface area contributed by atoms with Gasteiger partial charge in [0.1, 0.15) is 5.82 Å². The summed E-state index contributed by atoms with van der Waals surface area (Å²) in [4.78, 5) is 19.3. The Labute approximate surface area is 121 Å². The lowest BCUT2D eigenvalue weighted by atomic mass is 10.1. The van der Waals surface area contributed by atoms with Gasteiger partial charge in [0.15, 0.2) is 0 Å². The average molecular weight is 275 g/mol. The van der Waals surface area contributed by atoms with Crippen molar-refractivity contribution in [2.24, 2.45) is 7.05 Å². The van der Waals surface area contributed by atoms with Crippen molar-refractivity contribution in [3.05, 3.63) is 39.6 Å². The van der Waals surface area contributed by atoms with Crippen LogP contribution in [0.3, 0.4) is 0 Å². The van der Waals surface area contributed by atoms with Gasteiger partial charge in [0.25, 0.3) is 5.56 Å². The molecule has 0 atom stereocenters. The molecule has 20 heavy (non-hydrogen) atoms. The number of rotatable bonds is 4. The Morgan fingerprint density at radius 1 is 1.25 bits per heavy atom. The molecule has 4 heteroatoms. The summed E-state index contributed by atoms with van der Waals surface area (Å²) >= 11 is 0. The molecule has 1 aromatic heterocycles. The molecule has 0 unspecified atom stereocenters. The second-order valence-corrected chi connectivity index (χ2v) is 5.51. The summed E-state index contributed by atoms with van der Waals surface area (Å²) in [5, 5.41) is 0. The minimum absolute atomic E-state index is 0.135. The van der Waals surface area contributed by atoms with Crippen molar-refractivity contribution in [3.8, 4) is 0 Å². The Morgan fingerprint density at radius 2 is 2.00 bits per heavy atom. The van der Waals surface area contributed by atoms with Crippen LogP contribution in [0.5, 0.6) is 0 Å². The fourth-order valence-electron chi connectivity index (χ4n) is 2.61. The molecule has 0 saturated carbocycles. The second kappa shape index (κ2) is 6.84. The van der Waals surface area contributed by atoms with Crippen LogP contribution in [0.4, 0.5) is 0 Å². The van der Waals surface area contributed by atoms with E-state index in [0.717, 1.165) is 56.0 Å². The van der Waals surface area contributed by atoms with Crippen molar-refractivity contribution in [2.75, 3.05) is 19.6 Å². The van der Waals surface area contributed by atoms with E-state index in [2.05, 4.69) is 29.0 Å². The molecule has 1 aromatic rings. The predicted octanol–water partition coefficient (Wildman–Crippen LogP) is 1.85. The number of hydrogen-bond donors (Lipinski definition) is 0. The summed E-state index contributed by atoms with van der Waals surface area (Å²) in [5.74, 6) is 0.810. The van der Waals surface area contributed by atoms with Crippen LogP contribution in [0.15, 0.2) is 16.9 Å². The highest BCUT2D eigenvalue weighted by molar-refractivity contribution is 5.21.